The van der Waals surface area contributed by atoms with Crippen molar-refractivity contribution in [1.29, 1.82) is 0 Å². The van der Waals surface area contributed by atoms with Crippen LogP contribution in [0.5, 0.6) is 0 Å². The predicted molar refractivity (Wildman–Crippen MR) is 54.8 cm³/mol. The van der Waals surface area contributed by atoms with Crippen molar-refractivity contribution in [2.75, 3.05) is 20.2 Å². The molecule has 1 aliphatic heterocycles. The number of methoxy groups -OCH3 is 1. The van der Waals surface area contributed by atoms with Gasteiger partial charge in [-0.1, -0.05) is 20.8 Å². The van der Waals surface area contributed by atoms with Crippen LogP contribution in [-0.4, -0.2) is 43.2 Å². The summed E-state index contributed by atoms with van der Waals surface area (Å²) in [5.74, 6) is 0.0331. The summed E-state index contributed by atoms with van der Waals surface area (Å²) in [4.78, 5) is 13.5. The van der Waals surface area contributed by atoms with Crippen molar-refractivity contribution in [3.63, 3.8) is 0 Å². The van der Waals surface area contributed by atoms with E-state index in [1.807, 2.05) is 20.8 Å². The number of hydrogen-bond donors (Lipinski definition) is 1. The van der Waals surface area contributed by atoms with E-state index in [4.69, 9.17) is 10.5 Å². The molecule has 0 saturated carbocycles. The summed E-state index contributed by atoms with van der Waals surface area (Å²) in [6.07, 6.45) is 0.200. The molecule has 0 aromatic carbocycles. The smallest absolute Gasteiger partial charge is 0.240 e. The van der Waals surface area contributed by atoms with Gasteiger partial charge in [0.05, 0.1) is 12.1 Å². The zero-order valence-electron chi connectivity index (χ0n) is 9.41. The molecular weight excluding hydrogens is 180 g/mol. The highest BCUT2D eigenvalue weighted by molar-refractivity contribution is 5.83. The maximum Gasteiger partial charge on any atom is 0.240 e. The molecule has 0 radical (unpaired) electrons. The van der Waals surface area contributed by atoms with Crippen molar-refractivity contribution in [3.8, 4) is 0 Å². The summed E-state index contributed by atoms with van der Waals surface area (Å²) in [6, 6.07) is -0.416. The molecule has 1 fully saturated rings. The van der Waals surface area contributed by atoms with Crippen LogP contribution in [-0.2, 0) is 9.53 Å². The molecule has 0 aliphatic carbocycles. The molecule has 1 saturated heterocycles. The van der Waals surface area contributed by atoms with Gasteiger partial charge >= 0.3 is 0 Å². The summed E-state index contributed by atoms with van der Waals surface area (Å²) in [5.41, 5.74) is 5.69. The monoisotopic (exact) mass is 200 g/mol. The van der Waals surface area contributed by atoms with Crippen molar-refractivity contribution in [3.05, 3.63) is 0 Å². The predicted octanol–water partition coefficient (Wildman–Crippen LogP) is 0.217. The topological polar surface area (TPSA) is 55.6 Å². The van der Waals surface area contributed by atoms with Crippen molar-refractivity contribution in [2.24, 2.45) is 11.1 Å². The van der Waals surface area contributed by atoms with Crippen LogP contribution in [0, 0.1) is 5.41 Å². The van der Waals surface area contributed by atoms with Crippen molar-refractivity contribution >= 4 is 5.91 Å². The van der Waals surface area contributed by atoms with Crippen LogP contribution < -0.4 is 5.73 Å². The summed E-state index contributed by atoms with van der Waals surface area (Å²) >= 11 is 0. The SMILES string of the molecule is COC1CN(C(=O)C(N)C(C)(C)C)C1. The van der Waals surface area contributed by atoms with Crippen LogP contribution in [0.3, 0.4) is 0 Å². The maximum absolute atomic E-state index is 11.8. The third-order valence-corrected chi connectivity index (χ3v) is 2.69. The number of amides is 1. The first-order valence-electron chi connectivity index (χ1n) is 4.93. The Labute approximate surface area is 85.4 Å². The van der Waals surface area contributed by atoms with Gasteiger partial charge in [0.15, 0.2) is 0 Å². The first kappa shape index (κ1) is 11.5. The van der Waals surface area contributed by atoms with Gasteiger partial charge in [0.1, 0.15) is 0 Å². The number of carbonyl (C=O) groups is 1. The van der Waals surface area contributed by atoms with E-state index in [2.05, 4.69) is 0 Å². The van der Waals surface area contributed by atoms with Gasteiger partial charge in [-0.15, -0.1) is 0 Å². The van der Waals surface area contributed by atoms with Gasteiger partial charge in [-0.25, -0.2) is 0 Å². The van der Waals surface area contributed by atoms with Crippen molar-refractivity contribution in [1.82, 2.24) is 4.90 Å². The Morgan fingerprint density at radius 3 is 2.36 bits per heavy atom. The molecule has 1 atom stereocenters. The fourth-order valence-corrected chi connectivity index (χ4v) is 1.33. The Hall–Kier alpha value is -0.610. The minimum atomic E-state index is -0.416. The van der Waals surface area contributed by atoms with Gasteiger partial charge in [-0.2, -0.15) is 0 Å². The van der Waals surface area contributed by atoms with Crippen LogP contribution in [0.15, 0.2) is 0 Å². The van der Waals surface area contributed by atoms with Crippen molar-refractivity contribution < 1.29 is 9.53 Å². The molecule has 4 heteroatoms. The molecule has 2 N–H and O–H groups in total. The molecule has 1 aliphatic rings. The Morgan fingerprint density at radius 1 is 1.50 bits per heavy atom. The van der Waals surface area contributed by atoms with Gasteiger partial charge in [-0.3, -0.25) is 4.79 Å². The van der Waals surface area contributed by atoms with E-state index in [-0.39, 0.29) is 17.4 Å². The summed E-state index contributed by atoms with van der Waals surface area (Å²) in [5, 5.41) is 0. The van der Waals surface area contributed by atoms with E-state index in [1.165, 1.54) is 0 Å². The zero-order valence-corrected chi connectivity index (χ0v) is 9.41. The lowest BCUT2D eigenvalue weighted by atomic mass is 9.86. The highest BCUT2D eigenvalue weighted by Crippen LogP contribution is 2.21. The second kappa shape index (κ2) is 3.87. The molecule has 0 aromatic rings. The Morgan fingerprint density at radius 2 is 2.00 bits per heavy atom. The van der Waals surface area contributed by atoms with Gasteiger partial charge in [0.2, 0.25) is 5.91 Å². The molecule has 1 unspecified atom stereocenters. The first-order valence-corrected chi connectivity index (χ1v) is 4.93. The summed E-state index contributed by atoms with van der Waals surface area (Å²) in [6.45, 7) is 7.29. The zero-order chi connectivity index (χ0) is 10.9. The quantitative estimate of drug-likeness (QED) is 0.693. The van der Waals surface area contributed by atoms with E-state index in [9.17, 15) is 4.79 Å². The number of rotatable bonds is 2. The van der Waals surface area contributed by atoms with E-state index in [1.54, 1.807) is 12.0 Å². The lowest BCUT2D eigenvalue weighted by Crippen LogP contribution is -2.60. The minimum Gasteiger partial charge on any atom is -0.378 e. The van der Waals surface area contributed by atoms with Crippen molar-refractivity contribution in [2.45, 2.75) is 32.9 Å². The average molecular weight is 200 g/mol. The fourth-order valence-electron chi connectivity index (χ4n) is 1.33. The second-order valence-electron chi connectivity index (χ2n) is 4.94. The van der Waals surface area contributed by atoms with Crippen LogP contribution >= 0.6 is 0 Å². The normalized spacial score (nSPS) is 20.5. The Balaban J connectivity index is 2.44. The third kappa shape index (κ3) is 2.25. The molecule has 1 heterocycles. The molecule has 0 aromatic heterocycles. The number of nitrogens with zero attached hydrogens (tertiary/aromatic N) is 1. The molecule has 0 spiro atoms. The molecule has 0 bridgehead atoms. The molecular formula is C10H20N2O2. The first-order chi connectivity index (χ1) is 6.36. The highest BCUT2D eigenvalue weighted by Gasteiger charge is 2.37. The Kier molecular flexibility index (Phi) is 3.17. The van der Waals surface area contributed by atoms with Gasteiger partial charge < -0.3 is 15.4 Å². The highest BCUT2D eigenvalue weighted by atomic mass is 16.5. The molecule has 1 amide bonds. The number of carbonyl (C=O) groups excluding carboxylic acids is 1. The Bertz CT molecular complexity index is 217. The van der Waals surface area contributed by atoms with E-state index in [0.29, 0.717) is 13.1 Å². The van der Waals surface area contributed by atoms with Gasteiger partial charge in [0, 0.05) is 20.2 Å². The molecule has 4 nitrogen and oxygen atoms in total. The summed E-state index contributed by atoms with van der Waals surface area (Å²) in [7, 11) is 1.66. The molecule has 14 heavy (non-hydrogen) atoms. The largest absolute Gasteiger partial charge is 0.378 e. The molecule has 82 valence electrons. The number of likely N-dealkylation sites (tertiary alicyclic amines) is 1. The number of nitrogens with two attached hydrogens (primary N) is 1. The van der Waals surface area contributed by atoms with Crippen LogP contribution in [0.2, 0.25) is 0 Å². The lowest BCUT2D eigenvalue weighted by Gasteiger charge is -2.41. The van der Waals surface area contributed by atoms with E-state index in [0.717, 1.165) is 0 Å². The maximum atomic E-state index is 11.8. The van der Waals surface area contributed by atoms with Gasteiger partial charge in [0.25, 0.3) is 0 Å². The fraction of sp³-hybridized carbons (Fsp3) is 0.900. The van der Waals surface area contributed by atoms with Crippen LogP contribution in [0.1, 0.15) is 20.8 Å². The number of hydrogen-bond acceptors (Lipinski definition) is 3. The average Bonchev–Trinajstić information content (AvgIpc) is 1.99. The second-order valence-corrected chi connectivity index (χ2v) is 4.94. The van der Waals surface area contributed by atoms with Crippen LogP contribution in [0.4, 0.5) is 0 Å². The standard InChI is InChI=1S/C10H20N2O2/c1-10(2,3)8(11)9(13)12-5-7(6-12)14-4/h7-8H,5-6,11H2,1-4H3. The van der Waals surface area contributed by atoms with E-state index < -0.39 is 6.04 Å². The van der Waals surface area contributed by atoms with E-state index >= 15 is 0 Å². The lowest BCUT2D eigenvalue weighted by molar-refractivity contribution is -0.146. The number of ether oxygens (including phenoxy) is 1. The third-order valence-electron chi connectivity index (χ3n) is 2.69. The summed E-state index contributed by atoms with van der Waals surface area (Å²) < 4.78 is 5.10. The van der Waals surface area contributed by atoms with Gasteiger partial charge in [-0.05, 0) is 5.41 Å². The van der Waals surface area contributed by atoms with Crippen LogP contribution in [0.25, 0.3) is 0 Å². The molecule has 1 rings (SSSR count). The minimum absolute atomic E-state index is 0.0331.